The fourth-order valence-electron chi connectivity index (χ4n) is 1.79. The van der Waals surface area contributed by atoms with E-state index in [1.807, 2.05) is 0 Å². The molecular formula is C14H12ClF2N3O4. The lowest BCUT2D eigenvalue weighted by Crippen LogP contribution is -2.11. The zero-order valence-corrected chi connectivity index (χ0v) is 12.8. The molecule has 10 heteroatoms. The molecule has 0 fully saturated rings. The Kier molecular flexibility index (Phi) is 5.69. The monoisotopic (exact) mass is 359 g/mol. The number of carboxylic acids is 1. The molecule has 1 aromatic heterocycles. The number of benzene rings is 1. The van der Waals surface area contributed by atoms with Crippen LogP contribution in [0.1, 0.15) is 16.8 Å². The number of rotatable bonds is 7. The Balaban J connectivity index is 2.01. The number of alkyl halides is 2. The Morgan fingerprint density at radius 1 is 1.42 bits per heavy atom. The summed E-state index contributed by atoms with van der Waals surface area (Å²) >= 11 is 5.80. The van der Waals surface area contributed by atoms with Gasteiger partial charge in [-0.2, -0.15) is 13.9 Å². The molecule has 24 heavy (non-hydrogen) atoms. The van der Waals surface area contributed by atoms with E-state index in [-0.39, 0.29) is 35.0 Å². The van der Waals surface area contributed by atoms with Crippen LogP contribution in [0.5, 0.6) is 5.75 Å². The van der Waals surface area contributed by atoms with Crippen LogP contribution in [-0.2, 0) is 11.3 Å². The Morgan fingerprint density at radius 3 is 2.79 bits per heavy atom. The lowest BCUT2D eigenvalue weighted by molar-refractivity contribution is -0.137. The maximum Gasteiger partial charge on any atom is 0.387 e. The fraction of sp³-hybridized carbons (Fsp3) is 0.214. The van der Waals surface area contributed by atoms with E-state index in [4.69, 9.17) is 16.7 Å². The summed E-state index contributed by atoms with van der Waals surface area (Å²) in [5.74, 6) is -1.68. The number of nitrogens with zero attached hydrogens (tertiary/aromatic N) is 2. The number of amides is 1. The van der Waals surface area contributed by atoms with Crippen molar-refractivity contribution in [3.8, 4) is 5.75 Å². The molecule has 0 saturated heterocycles. The first-order valence-electron chi connectivity index (χ1n) is 6.65. The van der Waals surface area contributed by atoms with E-state index in [0.717, 1.165) is 0 Å². The van der Waals surface area contributed by atoms with Gasteiger partial charge in [0.2, 0.25) is 0 Å². The molecule has 128 valence electrons. The van der Waals surface area contributed by atoms with E-state index < -0.39 is 18.5 Å². The second kappa shape index (κ2) is 7.73. The van der Waals surface area contributed by atoms with Crippen molar-refractivity contribution >= 4 is 29.2 Å². The summed E-state index contributed by atoms with van der Waals surface area (Å²) in [7, 11) is 0. The third-order valence-corrected chi connectivity index (χ3v) is 3.15. The van der Waals surface area contributed by atoms with Crippen LogP contribution >= 0.6 is 11.6 Å². The Bertz CT molecular complexity index is 751. The third-order valence-electron chi connectivity index (χ3n) is 2.86. The van der Waals surface area contributed by atoms with E-state index in [1.165, 1.54) is 35.3 Å². The molecule has 0 radical (unpaired) electrons. The minimum absolute atomic E-state index is 0.0785. The molecular weight excluding hydrogens is 348 g/mol. The number of ether oxygens (including phenoxy) is 1. The molecule has 0 atom stereocenters. The summed E-state index contributed by atoms with van der Waals surface area (Å²) < 4.78 is 29.8. The molecule has 1 aromatic carbocycles. The Morgan fingerprint density at radius 2 is 2.17 bits per heavy atom. The second-order valence-electron chi connectivity index (χ2n) is 4.61. The lowest BCUT2D eigenvalue weighted by atomic mass is 10.2. The van der Waals surface area contributed by atoms with Crippen LogP contribution in [0.3, 0.4) is 0 Å². The number of hydrogen-bond donors (Lipinski definition) is 2. The number of aryl methyl sites for hydroxylation is 1. The van der Waals surface area contributed by atoms with Gasteiger partial charge in [-0.15, -0.1) is 0 Å². The summed E-state index contributed by atoms with van der Waals surface area (Å²) in [6.45, 7) is -2.87. The number of halogens is 3. The first-order chi connectivity index (χ1) is 11.3. The van der Waals surface area contributed by atoms with E-state index in [1.54, 1.807) is 0 Å². The normalized spacial score (nSPS) is 10.7. The summed E-state index contributed by atoms with van der Waals surface area (Å²) in [6, 6.07) is 3.84. The van der Waals surface area contributed by atoms with Crippen molar-refractivity contribution in [2.45, 2.75) is 19.6 Å². The summed E-state index contributed by atoms with van der Waals surface area (Å²) in [4.78, 5) is 22.6. The van der Waals surface area contributed by atoms with Gasteiger partial charge >= 0.3 is 12.6 Å². The number of aliphatic carboxylic acids is 1. The smallest absolute Gasteiger partial charge is 0.387 e. The summed E-state index contributed by atoms with van der Waals surface area (Å²) in [5.41, 5.74) is 0.495. The predicted octanol–water partition coefficient (Wildman–Crippen LogP) is 2.86. The van der Waals surface area contributed by atoms with Gasteiger partial charge in [0.15, 0.2) is 0 Å². The molecule has 0 unspecified atom stereocenters. The van der Waals surface area contributed by atoms with Gasteiger partial charge in [-0.25, -0.2) is 0 Å². The second-order valence-corrected chi connectivity index (χ2v) is 5.02. The number of carbonyl (C=O) groups is 2. The van der Waals surface area contributed by atoms with Gasteiger partial charge in [0, 0.05) is 11.9 Å². The van der Waals surface area contributed by atoms with Gasteiger partial charge in [0.1, 0.15) is 5.75 Å². The van der Waals surface area contributed by atoms with Crippen molar-refractivity contribution in [3.63, 3.8) is 0 Å². The zero-order valence-electron chi connectivity index (χ0n) is 12.1. The quantitative estimate of drug-likeness (QED) is 0.792. The van der Waals surface area contributed by atoms with Crippen LogP contribution in [-0.4, -0.2) is 33.4 Å². The maximum absolute atomic E-state index is 12.2. The molecule has 0 aliphatic rings. The van der Waals surface area contributed by atoms with Crippen LogP contribution in [0.25, 0.3) is 0 Å². The molecule has 1 amide bonds. The summed E-state index contributed by atoms with van der Waals surface area (Å²) in [6.07, 6.45) is 2.56. The number of anilines is 1. The fourth-order valence-corrected chi connectivity index (χ4v) is 2.01. The van der Waals surface area contributed by atoms with Crippen LogP contribution < -0.4 is 10.1 Å². The van der Waals surface area contributed by atoms with Crippen molar-refractivity contribution < 1.29 is 28.2 Å². The lowest BCUT2D eigenvalue weighted by Gasteiger charge is -2.09. The average molecular weight is 360 g/mol. The summed E-state index contributed by atoms with van der Waals surface area (Å²) in [5, 5.41) is 14.9. The van der Waals surface area contributed by atoms with Crippen LogP contribution in [0.2, 0.25) is 5.02 Å². The molecule has 0 spiro atoms. The molecule has 1 heterocycles. The number of carbonyl (C=O) groups excluding carboxylic acids is 1. The number of aromatic nitrogens is 2. The van der Waals surface area contributed by atoms with Crippen molar-refractivity contribution in [1.29, 1.82) is 0 Å². The average Bonchev–Trinajstić information content (AvgIpc) is 2.96. The minimum Gasteiger partial charge on any atom is -0.481 e. The van der Waals surface area contributed by atoms with Crippen molar-refractivity contribution in [1.82, 2.24) is 9.78 Å². The number of hydrogen-bond acceptors (Lipinski definition) is 4. The van der Waals surface area contributed by atoms with E-state index in [9.17, 15) is 18.4 Å². The molecule has 0 saturated carbocycles. The zero-order chi connectivity index (χ0) is 17.7. The SMILES string of the molecule is O=C(O)CCn1cc(C(=O)Nc2ccc(OC(F)F)c(Cl)c2)cn1. The Labute approximate surface area is 139 Å². The first kappa shape index (κ1) is 17.7. The molecule has 0 aliphatic heterocycles. The molecule has 2 rings (SSSR count). The molecule has 2 N–H and O–H groups in total. The highest BCUT2D eigenvalue weighted by Gasteiger charge is 2.12. The third kappa shape index (κ3) is 4.92. The van der Waals surface area contributed by atoms with Crippen LogP contribution in [0.4, 0.5) is 14.5 Å². The highest BCUT2D eigenvalue weighted by atomic mass is 35.5. The van der Waals surface area contributed by atoms with E-state index in [0.29, 0.717) is 0 Å². The number of carboxylic acid groups (broad SMARTS) is 1. The highest BCUT2D eigenvalue weighted by molar-refractivity contribution is 6.32. The molecule has 2 aromatic rings. The molecule has 7 nitrogen and oxygen atoms in total. The minimum atomic E-state index is -3.00. The van der Waals surface area contributed by atoms with E-state index >= 15 is 0 Å². The van der Waals surface area contributed by atoms with Crippen molar-refractivity contribution in [3.05, 3.63) is 41.2 Å². The topological polar surface area (TPSA) is 93.5 Å². The van der Waals surface area contributed by atoms with E-state index in [2.05, 4.69) is 15.2 Å². The Hall–Kier alpha value is -2.68. The van der Waals surface area contributed by atoms with Crippen molar-refractivity contribution in [2.24, 2.45) is 0 Å². The van der Waals surface area contributed by atoms with Crippen LogP contribution in [0, 0.1) is 0 Å². The molecule has 0 aliphatic carbocycles. The van der Waals surface area contributed by atoms with Crippen LogP contribution in [0.15, 0.2) is 30.6 Å². The van der Waals surface area contributed by atoms with Gasteiger partial charge in [-0.3, -0.25) is 14.3 Å². The van der Waals surface area contributed by atoms with Gasteiger partial charge in [0.25, 0.3) is 5.91 Å². The first-order valence-corrected chi connectivity index (χ1v) is 7.03. The van der Waals surface area contributed by atoms with Crippen molar-refractivity contribution in [2.75, 3.05) is 5.32 Å². The van der Waals surface area contributed by atoms with Gasteiger partial charge in [-0.1, -0.05) is 11.6 Å². The van der Waals surface area contributed by atoms with Gasteiger partial charge < -0.3 is 15.2 Å². The molecule has 0 bridgehead atoms. The highest BCUT2D eigenvalue weighted by Crippen LogP contribution is 2.29. The van der Waals surface area contributed by atoms with Gasteiger partial charge in [-0.05, 0) is 18.2 Å². The largest absolute Gasteiger partial charge is 0.481 e. The standard InChI is InChI=1S/C14H12ClF2N3O4/c15-10-5-9(1-2-11(10)24-14(16)17)19-13(23)8-6-18-20(7-8)4-3-12(21)22/h1-2,5-7,14H,3-4H2,(H,19,23)(H,21,22). The van der Waals surface area contributed by atoms with Gasteiger partial charge in [0.05, 0.1) is 29.7 Å². The maximum atomic E-state index is 12.2. The number of nitrogens with one attached hydrogen (secondary N) is 1. The predicted molar refractivity (Wildman–Crippen MR) is 80.5 cm³/mol.